The van der Waals surface area contributed by atoms with E-state index >= 15 is 0 Å². The van der Waals surface area contributed by atoms with Gasteiger partial charge < -0.3 is 10.4 Å². The third-order valence-corrected chi connectivity index (χ3v) is 5.07. The highest BCUT2D eigenvalue weighted by molar-refractivity contribution is 5.85. The molecule has 0 radical (unpaired) electrons. The molecule has 20 heavy (non-hydrogen) atoms. The molecule has 2 aliphatic rings. The van der Waals surface area contributed by atoms with Gasteiger partial charge in [0.1, 0.15) is 5.41 Å². The largest absolute Gasteiger partial charge is 0.396 e. The van der Waals surface area contributed by atoms with Crippen molar-refractivity contribution in [1.82, 2.24) is 5.32 Å². The fourth-order valence-corrected chi connectivity index (χ4v) is 3.64. The number of nitriles is 1. The monoisotopic (exact) mass is 278 g/mol. The Labute approximate surface area is 121 Å². The molecule has 112 valence electrons. The van der Waals surface area contributed by atoms with Crippen molar-refractivity contribution >= 4 is 5.91 Å². The van der Waals surface area contributed by atoms with Crippen LogP contribution in [0.5, 0.6) is 0 Å². The van der Waals surface area contributed by atoms with Crippen LogP contribution in [0.4, 0.5) is 0 Å². The number of hydrogen-bond acceptors (Lipinski definition) is 3. The Morgan fingerprint density at radius 3 is 2.45 bits per heavy atom. The normalized spacial score (nSPS) is 30.0. The summed E-state index contributed by atoms with van der Waals surface area (Å²) in [5.41, 5.74) is -0.815. The van der Waals surface area contributed by atoms with Gasteiger partial charge in [0.2, 0.25) is 5.91 Å². The lowest BCUT2D eigenvalue weighted by Gasteiger charge is -2.33. The standard InChI is InChI=1S/C16H26N2O2/c17-12-16(9-5-2-6-10-16)15(20)18-14-8-4-1-3-7-13(14)11-19/h13-14,19H,1-11H2,(H,18,20). The average molecular weight is 278 g/mol. The summed E-state index contributed by atoms with van der Waals surface area (Å²) in [6.07, 6.45) is 9.73. The molecule has 2 N–H and O–H groups in total. The second-order valence-electron chi connectivity index (χ2n) is 6.42. The Balaban J connectivity index is 2.03. The molecule has 0 aromatic rings. The minimum absolute atomic E-state index is 0.0437. The van der Waals surface area contributed by atoms with Crippen molar-refractivity contribution in [1.29, 1.82) is 5.26 Å². The number of aliphatic hydroxyl groups excluding tert-OH is 1. The van der Waals surface area contributed by atoms with E-state index in [-0.39, 0.29) is 24.5 Å². The van der Waals surface area contributed by atoms with Gasteiger partial charge in [0.15, 0.2) is 0 Å². The van der Waals surface area contributed by atoms with E-state index in [0.717, 1.165) is 44.9 Å². The van der Waals surface area contributed by atoms with E-state index in [9.17, 15) is 15.2 Å². The molecule has 4 nitrogen and oxygen atoms in total. The van der Waals surface area contributed by atoms with Crippen LogP contribution in [0, 0.1) is 22.7 Å². The molecule has 2 saturated carbocycles. The molecule has 0 aliphatic heterocycles. The van der Waals surface area contributed by atoms with E-state index in [1.807, 2.05) is 0 Å². The highest BCUT2D eigenvalue weighted by atomic mass is 16.3. The molecular weight excluding hydrogens is 252 g/mol. The van der Waals surface area contributed by atoms with Crippen molar-refractivity contribution in [2.24, 2.45) is 11.3 Å². The van der Waals surface area contributed by atoms with Crippen LogP contribution in [0.1, 0.15) is 64.2 Å². The molecule has 0 spiro atoms. The third-order valence-electron chi connectivity index (χ3n) is 5.07. The van der Waals surface area contributed by atoms with E-state index in [1.54, 1.807) is 0 Å². The second kappa shape index (κ2) is 7.08. The summed E-state index contributed by atoms with van der Waals surface area (Å²) in [6.45, 7) is 0.129. The summed E-state index contributed by atoms with van der Waals surface area (Å²) in [5, 5.41) is 22.1. The van der Waals surface area contributed by atoms with Gasteiger partial charge in [-0.15, -0.1) is 0 Å². The smallest absolute Gasteiger partial charge is 0.240 e. The summed E-state index contributed by atoms with van der Waals surface area (Å²) in [7, 11) is 0. The molecule has 4 heteroatoms. The Bertz CT molecular complexity index is 369. The molecule has 2 aliphatic carbocycles. The van der Waals surface area contributed by atoms with Gasteiger partial charge in [-0.2, -0.15) is 5.26 Å². The summed E-state index contributed by atoms with van der Waals surface area (Å²) in [6, 6.07) is 2.32. The number of aliphatic hydroxyl groups is 1. The molecule has 2 unspecified atom stereocenters. The molecule has 0 aromatic carbocycles. The van der Waals surface area contributed by atoms with Crippen LogP contribution in [0.15, 0.2) is 0 Å². The summed E-state index contributed by atoms with van der Waals surface area (Å²) < 4.78 is 0. The van der Waals surface area contributed by atoms with Crippen LogP contribution in [0.2, 0.25) is 0 Å². The Morgan fingerprint density at radius 2 is 1.80 bits per heavy atom. The molecular formula is C16H26N2O2. The number of rotatable bonds is 3. The number of hydrogen-bond donors (Lipinski definition) is 2. The van der Waals surface area contributed by atoms with Crippen LogP contribution < -0.4 is 5.32 Å². The maximum absolute atomic E-state index is 12.6. The minimum atomic E-state index is -0.815. The number of nitrogens with one attached hydrogen (secondary N) is 1. The molecule has 2 atom stereocenters. The zero-order chi connectivity index (χ0) is 14.4. The molecule has 0 bridgehead atoms. The molecule has 2 fully saturated rings. The van der Waals surface area contributed by atoms with E-state index in [4.69, 9.17) is 0 Å². The van der Waals surface area contributed by atoms with Gasteiger partial charge in [0.25, 0.3) is 0 Å². The first-order chi connectivity index (χ1) is 9.72. The molecule has 0 heterocycles. The van der Waals surface area contributed by atoms with Crippen molar-refractivity contribution in [2.45, 2.75) is 70.3 Å². The predicted molar refractivity (Wildman–Crippen MR) is 76.7 cm³/mol. The van der Waals surface area contributed by atoms with Crippen LogP contribution in [-0.2, 0) is 4.79 Å². The Kier molecular flexibility index (Phi) is 5.42. The number of amides is 1. The highest BCUT2D eigenvalue weighted by Gasteiger charge is 2.41. The fraction of sp³-hybridized carbons (Fsp3) is 0.875. The lowest BCUT2D eigenvalue weighted by molar-refractivity contribution is -0.130. The maximum Gasteiger partial charge on any atom is 0.240 e. The van der Waals surface area contributed by atoms with E-state index in [2.05, 4.69) is 11.4 Å². The zero-order valence-corrected chi connectivity index (χ0v) is 12.2. The number of carbonyl (C=O) groups is 1. The molecule has 0 aromatic heterocycles. The zero-order valence-electron chi connectivity index (χ0n) is 12.2. The SMILES string of the molecule is N#CC1(C(=O)NC2CCCCCC2CO)CCCCC1. The van der Waals surface area contributed by atoms with Crippen LogP contribution in [-0.4, -0.2) is 23.7 Å². The van der Waals surface area contributed by atoms with Crippen molar-refractivity contribution in [3.8, 4) is 6.07 Å². The first-order valence-electron chi connectivity index (χ1n) is 8.05. The molecule has 0 saturated heterocycles. The summed E-state index contributed by atoms with van der Waals surface area (Å²) in [5.74, 6) is 0.0610. The van der Waals surface area contributed by atoms with E-state index in [1.165, 1.54) is 6.42 Å². The quantitative estimate of drug-likeness (QED) is 0.779. The van der Waals surface area contributed by atoms with Crippen LogP contribution >= 0.6 is 0 Å². The highest BCUT2D eigenvalue weighted by Crippen LogP contribution is 2.36. The fourth-order valence-electron chi connectivity index (χ4n) is 3.64. The average Bonchev–Trinajstić information content (AvgIpc) is 2.72. The summed E-state index contributed by atoms with van der Waals surface area (Å²) >= 11 is 0. The summed E-state index contributed by atoms with van der Waals surface area (Å²) in [4.78, 5) is 12.6. The predicted octanol–water partition coefficient (Wildman–Crippen LogP) is 2.52. The lowest BCUT2D eigenvalue weighted by atomic mass is 9.74. The van der Waals surface area contributed by atoms with Crippen LogP contribution in [0.3, 0.4) is 0 Å². The van der Waals surface area contributed by atoms with Gasteiger partial charge >= 0.3 is 0 Å². The molecule has 2 rings (SSSR count). The van der Waals surface area contributed by atoms with E-state index in [0.29, 0.717) is 12.8 Å². The van der Waals surface area contributed by atoms with Gasteiger partial charge in [-0.05, 0) is 25.7 Å². The van der Waals surface area contributed by atoms with Gasteiger partial charge in [0.05, 0.1) is 6.07 Å². The van der Waals surface area contributed by atoms with Gasteiger partial charge in [-0.1, -0.05) is 38.5 Å². The third kappa shape index (κ3) is 3.32. The van der Waals surface area contributed by atoms with Gasteiger partial charge in [0, 0.05) is 18.6 Å². The van der Waals surface area contributed by atoms with Crippen LogP contribution in [0.25, 0.3) is 0 Å². The second-order valence-corrected chi connectivity index (χ2v) is 6.42. The van der Waals surface area contributed by atoms with Crippen molar-refractivity contribution < 1.29 is 9.90 Å². The first-order valence-corrected chi connectivity index (χ1v) is 8.05. The Morgan fingerprint density at radius 1 is 1.15 bits per heavy atom. The Hall–Kier alpha value is -1.08. The first kappa shape index (κ1) is 15.3. The number of nitrogens with zero attached hydrogens (tertiary/aromatic N) is 1. The van der Waals surface area contributed by atoms with E-state index < -0.39 is 5.41 Å². The van der Waals surface area contributed by atoms with Crippen molar-refractivity contribution in [3.05, 3.63) is 0 Å². The lowest BCUT2D eigenvalue weighted by Crippen LogP contribution is -2.48. The van der Waals surface area contributed by atoms with Crippen molar-refractivity contribution in [2.75, 3.05) is 6.61 Å². The van der Waals surface area contributed by atoms with Crippen molar-refractivity contribution in [3.63, 3.8) is 0 Å². The van der Waals surface area contributed by atoms with Gasteiger partial charge in [-0.3, -0.25) is 4.79 Å². The number of carbonyl (C=O) groups excluding carboxylic acids is 1. The van der Waals surface area contributed by atoms with Gasteiger partial charge in [-0.25, -0.2) is 0 Å². The molecule has 1 amide bonds. The minimum Gasteiger partial charge on any atom is -0.396 e. The maximum atomic E-state index is 12.6. The topological polar surface area (TPSA) is 73.1 Å².